The highest BCUT2D eigenvalue weighted by Crippen LogP contribution is 2.33. The number of hydrogen-bond acceptors (Lipinski definition) is 6. The maximum atomic E-state index is 13.0. The molecule has 1 aromatic heterocycles. The van der Waals surface area contributed by atoms with Crippen molar-refractivity contribution in [3.05, 3.63) is 77.5 Å². The van der Waals surface area contributed by atoms with Gasteiger partial charge in [-0.25, -0.2) is 5.06 Å². The Balaban J connectivity index is 1.98. The van der Waals surface area contributed by atoms with E-state index in [9.17, 15) is 4.79 Å². The Labute approximate surface area is 176 Å². The van der Waals surface area contributed by atoms with Gasteiger partial charge in [0.15, 0.2) is 0 Å². The van der Waals surface area contributed by atoms with Gasteiger partial charge in [0.25, 0.3) is 5.91 Å². The molecule has 30 heavy (non-hydrogen) atoms. The van der Waals surface area contributed by atoms with Crippen LogP contribution in [0, 0.1) is 0 Å². The van der Waals surface area contributed by atoms with Crippen LogP contribution in [0.25, 0.3) is 0 Å². The summed E-state index contributed by atoms with van der Waals surface area (Å²) in [4.78, 5) is 18.2. The van der Waals surface area contributed by atoms with Gasteiger partial charge in [-0.3, -0.25) is 14.9 Å². The maximum Gasteiger partial charge on any atom is 0.270 e. The SMILES string of the molecule is COC1=CC=C(C(NC(C(=O)N(C)OC)c2ccco2)c2ccc(OC)cc2)CC1. The molecule has 2 atom stereocenters. The summed E-state index contributed by atoms with van der Waals surface area (Å²) in [6, 6.07) is 10.4. The van der Waals surface area contributed by atoms with E-state index >= 15 is 0 Å². The van der Waals surface area contributed by atoms with Gasteiger partial charge in [-0.05, 0) is 47.9 Å². The lowest BCUT2D eigenvalue weighted by Crippen LogP contribution is -2.40. The van der Waals surface area contributed by atoms with E-state index in [1.54, 1.807) is 39.7 Å². The van der Waals surface area contributed by atoms with Crippen LogP contribution < -0.4 is 10.1 Å². The van der Waals surface area contributed by atoms with Crippen molar-refractivity contribution in [2.24, 2.45) is 0 Å². The smallest absolute Gasteiger partial charge is 0.270 e. The second kappa shape index (κ2) is 10.1. The second-order valence-corrected chi connectivity index (χ2v) is 6.92. The molecule has 0 saturated heterocycles. The number of hydrogen-bond donors (Lipinski definition) is 1. The molecule has 1 heterocycles. The predicted octanol–water partition coefficient (Wildman–Crippen LogP) is 3.93. The van der Waals surface area contributed by atoms with Crippen molar-refractivity contribution in [3.63, 3.8) is 0 Å². The molecule has 0 aliphatic heterocycles. The fourth-order valence-corrected chi connectivity index (χ4v) is 3.43. The van der Waals surface area contributed by atoms with E-state index in [0.717, 1.165) is 35.5 Å². The van der Waals surface area contributed by atoms with Gasteiger partial charge in [-0.1, -0.05) is 18.2 Å². The first-order valence-corrected chi connectivity index (χ1v) is 9.76. The molecule has 3 rings (SSSR count). The predicted molar refractivity (Wildman–Crippen MR) is 113 cm³/mol. The minimum atomic E-state index is -0.717. The van der Waals surface area contributed by atoms with Crippen LogP contribution in [0.5, 0.6) is 5.75 Å². The van der Waals surface area contributed by atoms with Gasteiger partial charge in [0, 0.05) is 13.5 Å². The van der Waals surface area contributed by atoms with Gasteiger partial charge in [0.1, 0.15) is 17.6 Å². The molecule has 1 N–H and O–H groups in total. The van der Waals surface area contributed by atoms with Gasteiger partial charge in [0.05, 0.1) is 39.4 Å². The number of carbonyl (C=O) groups excluding carboxylic acids is 1. The van der Waals surface area contributed by atoms with Crippen LogP contribution in [0.15, 0.2) is 70.6 Å². The van der Waals surface area contributed by atoms with E-state index in [1.807, 2.05) is 36.4 Å². The number of carbonyl (C=O) groups is 1. The second-order valence-electron chi connectivity index (χ2n) is 6.92. The number of nitrogens with zero attached hydrogens (tertiary/aromatic N) is 1. The summed E-state index contributed by atoms with van der Waals surface area (Å²) in [6.07, 6.45) is 7.19. The Bertz CT molecular complexity index is 887. The van der Waals surface area contributed by atoms with E-state index < -0.39 is 6.04 Å². The lowest BCUT2D eigenvalue weighted by molar-refractivity contribution is -0.172. The van der Waals surface area contributed by atoms with Crippen LogP contribution in [0.4, 0.5) is 0 Å². The normalized spacial score (nSPS) is 15.6. The molecule has 0 spiro atoms. The number of furan rings is 1. The Hall–Kier alpha value is -3.03. The van der Waals surface area contributed by atoms with E-state index in [1.165, 1.54) is 12.2 Å². The van der Waals surface area contributed by atoms with E-state index in [4.69, 9.17) is 18.7 Å². The highest BCUT2D eigenvalue weighted by molar-refractivity contribution is 5.81. The van der Waals surface area contributed by atoms with Crippen molar-refractivity contribution in [2.45, 2.75) is 24.9 Å². The number of nitrogens with one attached hydrogen (secondary N) is 1. The third-order valence-electron chi connectivity index (χ3n) is 5.22. The molecular weight excluding hydrogens is 384 g/mol. The summed E-state index contributed by atoms with van der Waals surface area (Å²) < 4.78 is 16.2. The summed E-state index contributed by atoms with van der Waals surface area (Å²) in [7, 11) is 6.35. The zero-order valence-electron chi connectivity index (χ0n) is 17.8. The number of likely N-dealkylation sites (N-methyl/N-ethyl adjacent to an activating group) is 1. The summed E-state index contributed by atoms with van der Waals surface area (Å²) in [5.41, 5.74) is 2.16. The quantitative estimate of drug-likeness (QED) is 0.629. The van der Waals surface area contributed by atoms with Crippen molar-refractivity contribution >= 4 is 5.91 Å². The van der Waals surface area contributed by atoms with E-state index in [-0.39, 0.29) is 11.9 Å². The average molecular weight is 412 g/mol. The molecule has 0 fully saturated rings. The number of allylic oxidation sites excluding steroid dienone is 3. The highest BCUT2D eigenvalue weighted by Gasteiger charge is 2.31. The van der Waals surface area contributed by atoms with Gasteiger partial charge in [0.2, 0.25) is 0 Å². The molecule has 0 bridgehead atoms. The molecule has 1 aliphatic rings. The van der Waals surface area contributed by atoms with Crippen molar-refractivity contribution in [2.75, 3.05) is 28.4 Å². The maximum absolute atomic E-state index is 13.0. The van der Waals surface area contributed by atoms with E-state index in [2.05, 4.69) is 5.32 Å². The van der Waals surface area contributed by atoms with Crippen LogP contribution in [0.1, 0.15) is 36.2 Å². The first-order valence-electron chi connectivity index (χ1n) is 9.76. The molecular formula is C23H28N2O5. The van der Waals surface area contributed by atoms with Crippen LogP contribution in [-0.2, 0) is 14.4 Å². The molecule has 1 amide bonds. The van der Waals surface area contributed by atoms with Crippen LogP contribution in [0.3, 0.4) is 0 Å². The third-order valence-corrected chi connectivity index (χ3v) is 5.22. The zero-order valence-corrected chi connectivity index (χ0v) is 17.8. The van der Waals surface area contributed by atoms with Crippen LogP contribution in [-0.4, -0.2) is 39.3 Å². The van der Waals surface area contributed by atoms with Crippen molar-refractivity contribution in [1.82, 2.24) is 10.4 Å². The van der Waals surface area contributed by atoms with Gasteiger partial charge in [-0.2, -0.15) is 0 Å². The Morgan fingerprint density at radius 3 is 2.37 bits per heavy atom. The van der Waals surface area contributed by atoms with Crippen molar-refractivity contribution in [1.29, 1.82) is 0 Å². The average Bonchev–Trinajstić information content (AvgIpc) is 3.34. The summed E-state index contributed by atoms with van der Waals surface area (Å²) in [6.45, 7) is 0. The van der Waals surface area contributed by atoms with Crippen LogP contribution in [0.2, 0.25) is 0 Å². The number of hydroxylamine groups is 2. The third kappa shape index (κ3) is 4.93. The monoisotopic (exact) mass is 412 g/mol. The molecule has 2 aromatic rings. The number of ether oxygens (including phenoxy) is 2. The number of benzene rings is 1. The lowest BCUT2D eigenvalue weighted by Gasteiger charge is -2.29. The van der Waals surface area contributed by atoms with Crippen LogP contribution >= 0.6 is 0 Å². The number of methoxy groups -OCH3 is 2. The summed E-state index contributed by atoms with van der Waals surface area (Å²) in [5.74, 6) is 1.97. The first-order chi connectivity index (χ1) is 14.6. The minimum Gasteiger partial charge on any atom is -0.501 e. The van der Waals surface area contributed by atoms with Crippen molar-refractivity contribution in [3.8, 4) is 5.75 Å². The molecule has 1 aliphatic carbocycles. The van der Waals surface area contributed by atoms with Crippen molar-refractivity contribution < 1.29 is 23.5 Å². The highest BCUT2D eigenvalue weighted by atomic mass is 16.7. The molecule has 7 heteroatoms. The van der Waals surface area contributed by atoms with Gasteiger partial charge < -0.3 is 13.9 Å². The fourth-order valence-electron chi connectivity index (χ4n) is 3.43. The molecule has 2 unspecified atom stereocenters. The molecule has 160 valence electrons. The Morgan fingerprint density at radius 1 is 1.07 bits per heavy atom. The largest absolute Gasteiger partial charge is 0.501 e. The van der Waals surface area contributed by atoms with Gasteiger partial charge >= 0.3 is 0 Å². The fraction of sp³-hybridized carbons (Fsp3) is 0.348. The Kier molecular flexibility index (Phi) is 7.32. The lowest BCUT2D eigenvalue weighted by atomic mass is 9.91. The molecule has 1 aromatic carbocycles. The molecule has 0 radical (unpaired) electrons. The standard InChI is InChI=1S/C23H28N2O5/c1-25(29-4)23(26)22(20-6-5-15-30-20)24-21(16-7-11-18(27-2)12-8-16)17-9-13-19(28-3)14-10-17/h5-9,11-13,15,21-22,24H,10,14H2,1-4H3. The topological polar surface area (TPSA) is 73.2 Å². The first kappa shape index (κ1) is 21.7. The molecule has 0 saturated carbocycles. The van der Waals surface area contributed by atoms with E-state index in [0.29, 0.717) is 5.76 Å². The minimum absolute atomic E-state index is 0.213. The Morgan fingerprint density at radius 2 is 1.83 bits per heavy atom. The number of amides is 1. The zero-order chi connectivity index (χ0) is 21.5. The number of rotatable bonds is 9. The van der Waals surface area contributed by atoms with Gasteiger partial charge in [-0.15, -0.1) is 0 Å². The summed E-state index contributed by atoms with van der Waals surface area (Å²) >= 11 is 0. The molecule has 7 nitrogen and oxygen atoms in total. The summed E-state index contributed by atoms with van der Waals surface area (Å²) in [5, 5.41) is 4.68.